The zero-order chi connectivity index (χ0) is 16.4. The van der Waals surface area contributed by atoms with Gasteiger partial charge in [-0.05, 0) is 22.8 Å². The minimum Gasteiger partial charge on any atom is -0.489 e. The van der Waals surface area contributed by atoms with Crippen molar-refractivity contribution in [1.82, 2.24) is 15.2 Å². The number of aromatic nitrogens is 3. The highest BCUT2D eigenvalue weighted by molar-refractivity contribution is 5.78. The molecule has 0 radical (unpaired) electrons. The summed E-state index contributed by atoms with van der Waals surface area (Å²) < 4.78 is 6.00. The van der Waals surface area contributed by atoms with Crippen molar-refractivity contribution in [2.24, 2.45) is 0 Å². The molecule has 120 valence electrons. The normalized spacial score (nSPS) is 11.0. The minimum atomic E-state index is -0.134. The number of aromatic amines is 3. The van der Waals surface area contributed by atoms with Crippen LogP contribution >= 0.6 is 0 Å². The van der Waals surface area contributed by atoms with Gasteiger partial charge < -0.3 is 9.72 Å². The predicted octanol–water partition coefficient (Wildman–Crippen LogP) is 3.35. The molecule has 0 unspecified atom stereocenters. The summed E-state index contributed by atoms with van der Waals surface area (Å²) in [5.74, 6) is 0.855. The van der Waals surface area contributed by atoms with Gasteiger partial charge in [-0.1, -0.05) is 48.5 Å². The van der Waals surface area contributed by atoms with Crippen LogP contribution in [0.5, 0.6) is 5.75 Å². The molecule has 2 aromatic carbocycles. The number of hydrogen-bond acceptors (Lipinski definition) is 2. The van der Waals surface area contributed by atoms with Crippen LogP contribution in [0.4, 0.5) is 0 Å². The molecule has 0 bridgehead atoms. The van der Waals surface area contributed by atoms with Gasteiger partial charge in [0.15, 0.2) is 0 Å². The van der Waals surface area contributed by atoms with E-state index in [0.29, 0.717) is 18.5 Å². The van der Waals surface area contributed by atoms with Gasteiger partial charge in [-0.2, -0.15) is 0 Å². The Morgan fingerprint density at radius 2 is 1.62 bits per heavy atom. The van der Waals surface area contributed by atoms with Gasteiger partial charge in [0, 0.05) is 12.6 Å². The molecule has 24 heavy (non-hydrogen) atoms. The summed E-state index contributed by atoms with van der Waals surface area (Å²) in [6, 6.07) is 18.1. The Bertz CT molecular complexity index is 1010. The molecular formula is C19H17N3O2. The highest BCUT2D eigenvalue weighted by atomic mass is 16.5. The Balaban J connectivity index is 1.58. The number of rotatable bonds is 5. The van der Waals surface area contributed by atoms with Gasteiger partial charge >= 0.3 is 0 Å². The number of hydrogen-bond donors (Lipinski definition) is 3. The molecule has 0 aliphatic rings. The van der Waals surface area contributed by atoms with Gasteiger partial charge in [-0.25, -0.2) is 0 Å². The molecule has 0 fully saturated rings. The zero-order valence-corrected chi connectivity index (χ0v) is 13.0. The summed E-state index contributed by atoms with van der Waals surface area (Å²) in [6.07, 6.45) is 2.54. The van der Waals surface area contributed by atoms with Gasteiger partial charge in [0.05, 0.1) is 5.52 Å². The molecule has 2 aromatic heterocycles. The molecule has 0 aliphatic heterocycles. The fraction of sp³-hybridized carbons (Fsp3) is 0.105. The SMILES string of the molecule is O=c1[nH][nH]c2c(Cc3ccccc3OCc3ccccc3)c[nH]c12. The average molecular weight is 319 g/mol. The summed E-state index contributed by atoms with van der Waals surface area (Å²) >= 11 is 0. The number of H-pyrrole nitrogens is 3. The predicted molar refractivity (Wildman–Crippen MR) is 93.3 cm³/mol. The van der Waals surface area contributed by atoms with Crippen molar-refractivity contribution < 1.29 is 4.74 Å². The van der Waals surface area contributed by atoms with Crippen molar-refractivity contribution in [3.63, 3.8) is 0 Å². The second-order valence-electron chi connectivity index (χ2n) is 5.70. The van der Waals surface area contributed by atoms with E-state index in [0.717, 1.165) is 28.0 Å². The number of fused-ring (bicyclic) bond motifs is 1. The highest BCUT2D eigenvalue weighted by Crippen LogP contribution is 2.24. The molecule has 4 rings (SSSR count). The first-order chi connectivity index (χ1) is 11.8. The number of para-hydroxylation sites is 1. The minimum absolute atomic E-state index is 0.134. The van der Waals surface area contributed by atoms with Crippen molar-refractivity contribution in [3.8, 4) is 5.75 Å². The Kier molecular flexibility index (Phi) is 3.67. The maximum Gasteiger partial charge on any atom is 0.288 e. The van der Waals surface area contributed by atoms with E-state index in [-0.39, 0.29) is 5.56 Å². The van der Waals surface area contributed by atoms with Gasteiger partial charge in [0.1, 0.15) is 17.9 Å². The summed E-state index contributed by atoms with van der Waals surface area (Å²) in [5, 5.41) is 5.53. The lowest BCUT2D eigenvalue weighted by Crippen LogP contribution is -1.99. The van der Waals surface area contributed by atoms with Gasteiger partial charge in [0.2, 0.25) is 0 Å². The van der Waals surface area contributed by atoms with E-state index in [1.165, 1.54) is 0 Å². The molecule has 0 spiro atoms. The Labute approximate surface area is 138 Å². The summed E-state index contributed by atoms with van der Waals surface area (Å²) in [4.78, 5) is 14.6. The van der Waals surface area contributed by atoms with Crippen molar-refractivity contribution in [2.45, 2.75) is 13.0 Å². The van der Waals surface area contributed by atoms with Crippen LogP contribution in [-0.2, 0) is 13.0 Å². The standard InChI is InChI=1S/C19H17N3O2/c23-19-18-17(21-22-19)15(11-20-18)10-14-8-4-5-9-16(14)24-12-13-6-2-1-3-7-13/h1-9,11,20H,10,12H2,(H2,21,22,23). The first kappa shape index (κ1) is 14.4. The first-order valence-corrected chi connectivity index (χ1v) is 7.82. The van der Waals surface area contributed by atoms with Crippen molar-refractivity contribution >= 4 is 11.0 Å². The maximum atomic E-state index is 11.6. The van der Waals surface area contributed by atoms with Gasteiger partial charge in [-0.15, -0.1) is 0 Å². The summed E-state index contributed by atoms with van der Waals surface area (Å²) in [6.45, 7) is 0.529. The summed E-state index contributed by atoms with van der Waals surface area (Å²) in [7, 11) is 0. The lowest BCUT2D eigenvalue weighted by atomic mass is 10.1. The molecule has 0 saturated heterocycles. The largest absolute Gasteiger partial charge is 0.489 e. The van der Waals surface area contributed by atoms with Crippen LogP contribution in [-0.4, -0.2) is 15.2 Å². The third kappa shape index (κ3) is 2.72. The van der Waals surface area contributed by atoms with Crippen LogP contribution in [0.1, 0.15) is 16.7 Å². The molecule has 3 N–H and O–H groups in total. The molecule has 0 saturated carbocycles. The van der Waals surface area contributed by atoms with Crippen LogP contribution in [0.3, 0.4) is 0 Å². The Morgan fingerprint density at radius 3 is 2.50 bits per heavy atom. The number of ether oxygens (including phenoxy) is 1. The Morgan fingerprint density at radius 1 is 0.833 bits per heavy atom. The van der Waals surface area contributed by atoms with E-state index < -0.39 is 0 Å². The van der Waals surface area contributed by atoms with E-state index in [9.17, 15) is 4.79 Å². The lowest BCUT2D eigenvalue weighted by Gasteiger charge is -2.11. The Hall–Kier alpha value is -3.21. The van der Waals surface area contributed by atoms with Crippen LogP contribution in [0.25, 0.3) is 11.0 Å². The van der Waals surface area contributed by atoms with Gasteiger partial charge in [-0.3, -0.25) is 15.0 Å². The molecule has 5 heteroatoms. The highest BCUT2D eigenvalue weighted by Gasteiger charge is 2.11. The third-order valence-electron chi connectivity index (χ3n) is 4.08. The van der Waals surface area contributed by atoms with Crippen LogP contribution in [0.15, 0.2) is 65.6 Å². The monoisotopic (exact) mass is 319 g/mol. The quantitative estimate of drug-likeness (QED) is 0.528. The van der Waals surface area contributed by atoms with Crippen molar-refractivity contribution in [1.29, 1.82) is 0 Å². The second-order valence-corrected chi connectivity index (χ2v) is 5.70. The van der Waals surface area contributed by atoms with E-state index in [1.807, 2.05) is 60.8 Å². The second kappa shape index (κ2) is 6.12. The van der Waals surface area contributed by atoms with Crippen molar-refractivity contribution in [2.75, 3.05) is 0 Å². The van der Waals surface area contributed by atoms with Crippen LogP contribution in [0, 0.1) is 0 Å². The fourth-order valence-corrected chi connectivity index (χ4v) is 2.84. The molecule has 4 aromatic rings. The van der Waals surface area contributed by atoms with Crippen LogP contribution in [0.2, 0.25) is 0 Å². The third-order valence-corrected chi connectivity index (χ3v) is 4.08. The molecule has 2 heterocycles. The van der Waals surface area contributed by atoms with E-state index in [1.54, 1.807) is 0 Å². The van der Waals surface area contributed by atoms with E-state index in [2.05, 4.69) is 15.2 Å². The number of nitrogens with one attached hydrogen (secondary N) is 3. The average Bonchev–Trinajstić information content (AvgIpc) is 3.19. The van der Waals surface area contributed by atoms with E-state index in [4.69, 9.17) is 4.74 Å². The molecule has 0 aliphatic carbocycles. The molecule has 0 amide bonds. The maximum absolute atomic E-state index is 11.6. The van der Waals surface area contributed by atoms with E-state index >= 15 is 0 Å². The molecule has 5 nitrogen and oxygen atoms in total. The zero-order valence-electron chi connectivity index (χ0n) is 13.0. The van der Waals surface area contributed by atoms with Gasteiger partial charge in [0.25, 0.3) is 5.56 Å². The summed E-state index contributed by atoms with van der Waals surface area (Å²) in [5.41, 5.74) is 4.50. The first-order valence-electron chi connectivity index (χ1n) is 7.82. The smallest absolute Gasteiger partial charge is 0.288 e. The lowest BCUT2D eigenvalue weighted by molar-refractivity contribution is 0.303. The van der Waals surface area contributed by atoms with Crippen molar-refractivity contribution in [3.05, 3.63) is 87.8 Å². The molecule has 0 atom stereocenters. The molecular weight excluding hydrogens is 302 g/mol. The fourth-order valence-electron chi connectivity index (χ4n) is 2.84. The van der Waals surface area contributed by atoms with Crippen LogP contribution < -0.4 is 10.3 Å². The number of benzene rings is 2. The topological polar surface area (TPSA) is 73.7 Å².